The molecule has 0 radical (unpaired) electrons. The number of carbonyl (C=O) groups excluding carboxylic acids is 3. The normalized spacial score (nSPS) is 27.1. The maximum atomic E-state index is 12.7. The van der Waals surface area contributed by atoms with Crippen molar-refractivity contribution in [3.63, 3.8) is 0 Å². The third-order valence-electron chi connectivity index (χ3n) is 4.83. The predicted molar refractivity (Wildman–Crippen MR) is 73.9 cm³/mol. The molecule has 0 aromatic heterocycles. The number of amides is 4. The van der Waals surface area contributed by atoms with Gasteiger partial charge in [-0.25, -0.2) is 4.79 Å². The molecule has 112 valence electrons. The Bertz CT molecular complexity index is 431. The zero-order chi connectivity index (χ0) is 14.9. The molecule has 0 saturated carbocycles. The number of nitrogens with zero attached hydrogens (tertiary/aromatic N) is 2. The van der Waals surface area contributed by atoms with E-state index in [-0.39, 0.29) is 11.9 Å². The van der Waals surface area contributed by atoms with Crippen LogP contribution >= 0.6 is 0 Å². The van der Waals surface area contributed by atoms with Crippen LogP contribution in [-0.4, -0.2) is 53.8 Å². The van der Waals surface area contributed by atoms with Gasteiger partial charge in [-0.1, -0.05) is 13.8 Å². The SMILES string of the molecule is CCC1(CC)C(=O)NC(=O)N(CC2CCCN2C)C1=O. The lowest BCUT2D eigenvalue weighted by Crippen LogP contribution is -2.65. The first-order valence-corrected chi connectivity index (χ1v) is 7.34. The molecule has 1 unspecified atom stereocenters. The van der Waals surface area contributed by atoms with Gasteiger partial charge < -0.3 is 4.90 Å². The molecule has 2 heterocycles. The summed E-state index contributed by atoms with van der Waals surface area (Å²) < 4.78 is 0. The summed E-state index contributed by atoms with van der Waals surface area (Å²) in [5.74, 6) is -0.787. The highest BCUT2D eigenvalue weighted by Crippen LogP contribution is 2.33. The fraction of sp³-hybridized carbons (Fsp3) is 0.786. The van der Waals surface area contributed by atoms with Crippen LogP contribution < -0.4 is 5.32 Å². The highest BCUT2D eigenvalue weighted by Gasteiger charge is 2.51. The van der Waals surface area contributed by atoms with Gasteiger partial charge in [-0.2, -0.15) is 0 Å². The quantitative estimate of drug-likeness (QED) is 0.779. The van der Waals surface area contributed by atoms with E-state index >= 15 is 0 Å². The number of hydrogen-bond donors (Lipinski definition) is 1. The van der Waals surface area contributed by atoms with Crippen LogP contribution in [0.5, 0.6) is 0 Å². The van der Waals surface area contributed by atoms with Crippen molar-refractivity contribution in [1.82, 2.24) is 15.1 Å². The summed E-state index contributed by atoms with van der Waals surface area (Å²) in [7, 11) is 2.00. The molecule has 0 spiro atoms. The second kappa shape index (κ2) is 5.52. The van der Waals surface area contributed by atoms with E-state index in [1.165, 1.54) is 4.90 Å². The van der Waals surface area contributed by atoms with Gasteiger partial charge in [0.1, 0.15) is 5.41 Å². The van der Waals surface area contributed by atoms with E-state index in [0.29, 0.717) is 19.4 Å². The Morgan fingerprint density at radius 3 is 2.40 bits per heavy atom. The van der Waals surface area contributed by atoms with Crippen molar-refractivity contribution in [1.29, 1.82) is 0 Å². The number of imide groups is 2. The van der Waals surface area contributed by atoms with Crippen LogP contribution in [0, 0.1) is 5.41 Å². The van der Waals surface area contributed by atoms with Gasteiger partial charge in [0.25, 0.3) is 0 Å². The zero-order valence-corrected chi connectivity index (χ0v) is 12.4. The molecule has 0 aliphatic carbocycles. The van der Waals surface area contributed by atoms with E-state index in [2.05, 4.69) is 10.2 Å². The van der Waals surface area contributed by atoms with Crippen LogP contribution in [0.2, 0.25) is 0 Å². The highest BCUT2D eigenvalue weighted by atomic mass is 16.2. The van der Waals surface area contributed by atoms with Gasteiger partial charge in [-0.05, 0) is 39.3 Å². The topological polar surface area (TPSA) is 69.7 Å². The Hall–Kier alpha value is -1.43. The molecule has 0 aromatic rings. The average molecular weight is 281 g/mol. The van der Waals surface area contributed by atoms with E-state index in [4.69, 9.17) is 0 Å². The molecule has 0 aromatic carbocycles. The van der Waals surface area contributed by atoms with Crippen molar-refractivity contribution < 1.29 is 14.4 Å². The van der Waals surface area contributed by atoms with E-state index in [1.54, 1.807) is 0 Å². The summed E-state index contributed by atoms with van der Waals surface area (Å²) in [6.45, 7) is 4.99. The van der Waals surface area contributed by atoms with Crippen molar-refractivity contribution in [3.05, 3.63) is 0 Å². The van der Waals surface area contributed by atoms with Gasteiger partial charge >= 0.3 is 6.03 Å². The molecule has 2 aliphatic rings. The molecule has 2 aliphatic heterocycles. The summed E-state index contributed by atoms with van der Waals surface area (Å²) in [6, 6.07) is -0.373. The summed E-state index contributed by atoms with van der Waals surface area (Å²) in [4.78, 5) is 40.1. The minimum Gasteiger partial charge on any atom is -0.302 e. The summed E-state index contributed by atoms with van der Waals surface area (Å²) >= 11 is 0. The van der Waals surface area contributed by atoms with Crippen LogP contribution in [0.3, 0.4) is 0 Å². The van der Waals surface area contributed by atoms with Crippen molar-refractivity contribution in [3.8, 4) is 0 Å². The van der Waals surface area contributed by atoms with E-state index < -0.39 is 17.4 Å². The van der Waals surface area contributed by atoms with Gasteiger partial charge in [-0.3, -0.25) is 19.8 Å². The molecular weight excluding hydrogens is 258 g/mol. The number of hydrogen-bond acceptors (Lipinski definition) is 4. The lowest BCUT2D eigenvalue weighted by molar-refractivity contribution is -0.152. The second-order valence-electron chi connectivity index (χ2n) is 5.74. The molecule has 6 nitrogen and oxygen atoms in total. The lowest BCUT2D eigenvalue weighted by Gasteiger charge is -2.39. The fourth-order valence-electron chi connectivity index (χ4n) is 3.19. The third-order valence-corrected chi connectivity index (χ3v) is 4.83. The Labute approximate surface area is 119 Å². The first-order valence-electron chi connectivity index (χ1n) is 7.34. The van der Waals surface area contributed by atoms with Gasteiger partial charge in [-0.15, -0.1) is 0 Å². The van der Waals surface area contributed by atoms with Crippen LogP contribution in [0.15, 0.2) is 0 Å². The summed E-state index contributed by atoms with van der Waals surface area (Å²) in [6.07, 6.45) is 2.89. The Balaban J connectivity index is 2.21. The monoisotopic (exact) mass is 281 g/mol. The lowest BCUT2D eigenvalue weighted by atomic mass is 9.78. The number of likely N-dealkylation sites (N-methyl/N-ethyl adjacent to an activating group) is 1. The van der Waals surface area contributed by atoms with Crippen molar-refractivity contribution >= 4 is 17.8 Å². The van der Waals surface area contributed by atoms with E-state index in [0.717, 1.165) is 19.4 Å². The number of likely N-dealkylation sites (tertiary alicyclic amines) is 1. The molecular formula is C14H23N3O3. The molecule has 2 fully saturated rings. The minimum absolute atomic E-state index is 0.198. The van der Waals surface area contributed by atoms with Gasteiger partial charge in [0, 0.05) is 12.6 Å². The Kier molecular flexibility index (Phi) is 4.13. The van der Waals surface area contributed by atoms with Gasteiger partial charge in [0.05, 0.1) is 0 Å². The standard InChI is InChI=1S/C14H23N3O3/c1-4-14(5-2)11(18)15-13(20)17(12(14)19)9-10-7-6-8-16(10)3/h10H,4-9H2,1-3H3,(H,15,18,20). The Morgan fingerprint density at radius 2 is 1.90 bits per heavy atom. The smallest absolute Gasteiger partial charge is 0.302 e. The van der Waals surface area contributed by atoms with Crippen LogP contribution in [0.4, 0.5) is 4.79 Å². The number of carbonyl (C=O) groups is 3. The number of nitrogens with one attached hydrogen (secondary N) is 1. The summed E-state index contributed by atoms with van der Waals surface area (Å²) in [5.41, 5.74) is -1.08. The molecule has 1 N–H and O–H groups in total. The molecule has 6 heteroatoms. The van der Waals surface area contributed by atoms with Crippen molar-refractivity contribution in [2.75, 3.05) is 20.1 Å². The largest absolute Gasteiger partial charge is 0.330 e. The number of rotatable bonds is 4. The minimum atomic E-state index is -1.08. The number of urea groups is 1. The average Bonchev–Trinajstić information content (AvgIpc) is 2.81. The van der Waals surface area contributed by atoms with Gasteiger partial charge in [0.2, 0.25) is 11.8 Å². The first-order chi connectivity index (χ1) is 9.46. The summed E-state index contributed by atoms with van der Waals surface area (Å²) in [5, 5.41) is 2.35. The molecule has 0 bridgehead atoms. The van der Waals surface area contributed by atoms with Crippen molar-refractivity contribution in [2.45, 2.75) is 45.6 Å². The maximum absolute atomic E-state index is 12.7. The third kappa shape index (κ3) is 2.22. The van der Waals surface area contributed by atoms with Gasteiger partial charge in [0.15, 0.2) is 0 Å². The molecule has 20 heavy (non-hydrogen) atoms. The van der Waals surface area contributed by atoms with E-state index in [1.807, 2.05) is 20.9 Å². The first kappa shape index (κ1) is 15.0. The maximum Gasteiger partial charge on any atom is 0.330 e. The molecule has 2 saturated heterocycles. The highest BCUT2D eigenvalue weighted by molar-refractivity contribution is 6.19. The van der Waals surface area contributed by atoms with Crippen molar-refractivity contribution in [2.24, 2.45) is 5.41 Å². The molecule has 2 rings (SSSR count). The fourth-order valence-corrected chi connectivity index (χ4v) is 3.19. The zero-order valence-electron chi connectivity index (χ0n) is 12.4. The van der Waals surface area contributed by atoms with Crippen LogP contribution in [0.1, 0.15) is 39.5 Å². The van der Waals surface area contributed by atoms with Crippen LogP contribution in [-0.2, 0) is 9.59 Å². The van der Waals surface area contributed by atoms with E-state index in [9.17, 15) is 14.4 Å². The molecule has 1 atom stereocenters. The molecule has 4 amide bonds. The Morgan fingerprint density at radius 1 is 1.25 bits per heavy atom. The van der Waals surface area contributed by atoms with Crippen LogP contribution in [0.25, 0.3) is 0 Å². The number of barbiturate groups is 1. The second-order valence-corrected chi connectivity index (χ2v) is 5.74. The predicted octanol–water partition coefficient (Wildman–Crippen LogP) is 0.965.